The van der Waals surface area contributed by atoms with Gasteiger partial charge in [0.2, 0.25) is 0 Å². The fourth-order valence-electron chi connectivity index (χ4n) is 4.23. The van der Waals surface area contributed by atoms with Crippen molar-refractivity contribution in [2.45, 2.75) is 26.8 Å². The van der Waals surface area contributed by atoms with Crippen LogP contribution >= 0.6 is 11.6 Å². The first-order valence-electron chi connectivity index (χ1n) is 9.63. The Morgan fingerprint density at radius 3 is 2.72 bits per heavy atom. The Morgan fingerprint density at radius 2 is 2.07 bits per heavy atom. The van der Waals surface area contributed by atoms with Crippen molar-refractivity contribution in [3.63, 3.8) is 0 Å². The molecule has 4 heteroatoms. The second-order valence-electron chi connectivity index (χ2n) is 7.63. The summed E-state index contributed by atoms with van der Waals surface area (Å²) in [5, 5.41) is 9.99. The second-order valence-corrected chi connectivity index (χ2v) is 8.04. The molecule has 1 unspecified atom stereocenters. The summed E-state index contributed by atoms with van der Waals surface area (Å²) in [6.45, 7) is 10.4. The van der Waals surface area contributed by atoms with Crippen LogP contribution in [-0.2, 0) is 4.79 Å². The van der Waals surface area contributed by atoms with E-state index in [0.29, 0.717) is 16.2 Å². The highest BCUT2D eigenvalue weighted by atomic mass is 35.5. The smallest absolute Gasteiger partial charge is 0.259 e. The monoisotopic (exact) mass is 400 g/mol. The number of amides is 1. The highest BCUT2D eigenvalue weighted by Crippen LogP contribution is 2.55. The number of nitriles is 1. The van der Waals surface area contributed by atoms with E-state index in [0.717, 1.165) is 33.5 Å². The summed E-state index contributed by atoms with van der Waals surface area (Å²) >= 11 is 6.58. The molecule has 2 heterocycles. The van der Waals surface area contributed by atoms with Crippen LogP contribution in [0.15, 0.2) is 71.8 Å². The molecule has 0 saturated carbocycles. The number of carbonyl (C=O) groups is 1. The van der Waals surface area contributed by atoms with E-state index in [-0.39, 0.29) is 17.9 Å². The third kappa shape index (κ3) is 2.75. The average molecular weight is 401 g/mol. The Balaban J connectivity index is 2.09. The van der Waals surface area contributed by atoms with Gasteiger partial charge >= 0.3 is 0 Å². The van der Waals surface area contributed by atoms with Gasteiger partial charge in [0.15, 0.2) is 0 Å². The van der Waals surface area contributed by atoms with Gasteiger partial charge in [-0.05, 0) is 59.4 Å². The lowest BCUT2D eigenvalue weighted by Gasteiger charge is -2.36. The quantitative estimate of drug-likeness (QED) is 0.601. The predicted octanol–water partition coefficient (Wildman–Crippen LogP) is 6.36. The van der Waals surface area contributed by atoms with Gasteiger partial charge in [0.05, 0.1) is 28.4 Å². The van der Waals surface area contributed by atoms with E-state index in [1.165, 1.54) is 0 Å². The molecule has 0 aliphatic carbocycles. The lowest BCUT2D eigenvalue weighted by Crippen LogP contribution is -2.33. The van der Waals surface area contributed by atoms with E-state index in [4.69, 9.17) is 11.6 Å². The summed E-state index contributed by atoms with van der Waals surface area (Å²) in [5.41, 5.74) is 6.54. The summed E-state index contributed by atoms with van der Waals surface area (Å²) in [6, 6.07) is 13.1. The number of anilines is 1. The molecule has 0 saturated heterocycles. The normalized spacial score (nSPS) is 17.4. The van der Waals surface area contributed by atoms with Gasteiger partial charge in [-0.15, -0.1) is 0 Å². The highest BCUT2D eigenvalue weighted by molar-refractivity contribution is 6.35. The molecule has 4 rings (SSSR count). The standard InChI is InChI=1S/C25H21ClN2O/c1-5-7-18-22(15(4)14(2)3)24-17-11-10-16(13-27)12-19(17)23-20(26)8-6-9-21(23)28(24)25(18)29/h5-12,14,24H,4H2,1-3H3/b7-5-. The highest BCUT2D eigenvalue weighted by Gasteiger charge is 2.45. The van der Waals surface area contributed by atoms with Crippen LogP contribution in [0.4, 0.5) is 5.69 Å². The number of benzene rings is 2. The fraction of sp³-hybridized carbons (Fsp3) is 0.200. The number of hydrogen-bond donors (Lipinski definition) is 0. The molecule has 0 bridgehead atoms. The van der Waals surface area contributed by atoms with Crippen molar-refractivity contribution in [3.05, 3.63) is 88.0 Å². The summed E-state index contributed by atoms with van der Waals surface area (Å²) in [5.74, 6) is 0.143. The Bertz CT molecular complexity index is 1160. The molecule has 2 aromatic rings. The molecule has 0 aromatic heterocycles. The maximum atomic E-state index is 13.6. The Labute approximate surface area is 176 Å². The van der Waals surface area contributed by atoms with Crippen LogP contribution in [0.5, 0.6) is 0 Å². The van der Waals surface area contributed by atoms with Crippen LogP contribution < -0.4 is 4.90 Å². The van der Waals surface area contributed by atoms with Crippen molar-refractivity contribution in [3.8, 4) is 17.2 Å². The third-order valence-electron chi connectivity index (χ3n) is 5.64. The first-order valence-corrected chi connectivity index (χ1v) is 10.0. The minimum absolute atomic E-state index is 0.0524. The number of hydrogen-bond acceptors (Lipinski definition) is 2. The summed E-state index contributed by atoms with van der Waals surface area (Å²) in [6.07, 6.45) is 3.76. The lowest BCUT2D eigenvalue weighted by atomic mass is 9.81. The van der Waals surface area contributed by atoms with Crippen LogP contribution in [0, 0.1) is 17.2 Å². The van der Waals surface area contributed by atoms with Gasteiger partial charge in [-0.2, -0.15) is 5.26 Å². The second kappa shape index (κ2) is 7.06. The van der Waals surface area contributed by atoms with E-state index >= 15 is 0 Å². The number of rotatable bonds is 3. The van der Waals surface area contributed by atoms with E-state index in [1.54, 1.807) is 6.07 Å². The molecule has 29 heavy (non-hydrogen) atoms. The van der Waals surface area contributed by atoms with E-state index in [2.05, 4.69) is 26.5 Å². The zero-order valence-electron chi connectivity index (χ0n) is 16.7. The first kappa shape index (κ1) is 19.2. The fourth-order valence-corrected chi connectivity index (χ4v) is 4.50. The van der Waals surface area contributed by atoms with Crippen molar-refractivity contribution in [2.24, 2.45) is 5.92 Å². The molecule has 1 amide bonds. The topological polar surface area (TPSA) is 44.1 Å². The number of carbonyl (C=O) groups excluding carboxylic acids is 1. The summed E-state index contributed by atoms with van der Waals surface area (Å²) in [7, 11) is 0. The Hall–Kier alpha value is -3.09. The maximum absolute atomic E-state index is 13.6. The van der Waals surface area contributed by atoms with Crippen LogP contribution in [0.25, 0.3) is 11.1 Å². The lowest BCUT2D eigenvalue weighted by molar-refractivity contribution is -0.114. The van der Waals surface area contributed by atoms with Gasteiger partial charge in [-0.25, -0.2) is 0 Å². The van der Waals surface area contributed by atoms with Crippen LogP contribution in [0.3, 0.4) is 0 Å². The molecule has 2 aliphatic rings. The minimum atomic E-state index is -0.280. The number of fused-ring (bicyclic) bond motifs is 6. The SMILES string of the molecule is C=C(C1=C(/C=C\C)C(=O)N2c3cccc(Cl)c3-c3cc(C#N)ccc3C12)C(C)C. The van der Waals surface area contributed by atoms with Crippen molar-refractivity contribution < 1.29 is 4.79 Å². The third-order valence-corrected chi connectivity index (χ3v) is 5.96. The van der Waals surface area contributed by atoms with Gasteiger partial charge in [0.1, 0.15) is 0 Å². The molecule has 0 fully saturated rings. The zero-order valence-corrected chi connectivity index (χ0v) is 17.4. The summed E-state index contributed by atoms with van der Waals surface area (Å²) in [4.78, 5) is 15.4. The van der Waals surface area contributed by atoms with Crippen LogP contribution in [0.1, 0.15) is 37.9 Å². The Morgan fingerprint density at radius 1 is 1.31 bits per heavy atom. The van der Waals surface area contributed by atoms with Crippen molar-refractivity contribution in [1.82, 2.24) is 0 Å². The molecule has 1 atom stereocenters. The van der Waals surface area contributed by atoms with Crippen LogP contribution in [-0.4, -0.2) is 5.91 Å². The summed E-state index contributed by atoms with van der Waals surface area (Å²) < 4.78 is 0. The van der Waals surface area contributed by atoms with Crippen molar-refractivity contribution in [2.75, 3.05) is 4.90 Å². The molecule has 0 radical (unpaired) electrons. The molecule has 2 aromatic carbocycles. The van der Waals surface area contributed by atoms with Gasteiger partial charge in [0.25, 0.3) is 5.91 Å². The Kier molecular flexibility index (Phi) is 4.68. The van der Waals surface area contributed by atoms with Gasteiger partial charge in [0, 0.05) is 11.1 Å². The van der Waals surface area contributed by atoms with Gasteiger partial charge in [-0.1, -0.05) is 56.3 Å². The van der Waals surface area contributed by atoms with E-state index in [1.807, 2.05) is 54.3 Å². The molecular weight excluding hydrogens is 380 g/mol. The number of allylic oxidation sites excluding steroid dienone is 1. The van der Waals surface area contributed by atoms with Crippen molar-refractivity contribution in [1.29, 1.82) is 5.26 Å². The van der Waals surface area contributed by atoms with Gasteiger partial charge < -0.3 is 0 Å². The molecular formula is C25H21ClN2O. The molecule has 144 valence electrons. The largest absolute Gasteiger partial charge is 0.296 e. The molecule has 3 nitrogen and oxygen atoms in total. The average Bonchev–Trinajstić information content (AvgIpc) is 3.00. The van der Waals surface area contributed by atoms with E-state index in [9.17, 15) is 10.1 Å². The zero-order chi connectivity index (χ0) is 20.9. The van der Waals surface area contributed by atoms with Gasteiger partial charge in [-0.3, -0.25) is 9.69 Å². The van der Waals surface area contributed by atoms with E-state index < -0.39 is 0 Å². The minimum Gasteiger partial charge on any atom is -0.296 e. The maximum Gasteiger partial charge on any atom is 0.259 e. The molecule has 2 aliphatic heterocycles. The predicted molar refractivity (Wildman–Crippen MR) is 118 cm³/mol. The number of nitrogens with zero attached hydrogens (tertiary/aromatic N) is 2. The van der Waals surface area contributed by atoms with Crippen molar-refractivity contribution >= 4 is 23.2 Å². The molecule has 0 spiro atoms. The molecule has 0 N–H and O–H groups in total. The first-order chi connectivity index (χ1) is 13.9. The van der Waals surface area contributed by atoms with Crippen LogP contribution in [0.2, 0.25) is 5.02 Å². The number of halogens is 1.